The Hall–Kier alpha value is -4.76. The van der Waals surface area contributed by atoms with E-state index >= 15 is 4.21 Å². The van der Waals surface area contributed by atoms with Crippen molar-refractivity contribution < 1.29 is 32.7 Å². The molecule has 2 aliphatic heterocycles. The van der Waals surface area contributed by atoms with Gasteiger partial charge in [-0.25, -0.2) is 4.21 Å². The van der Waals surface area contributed by atoms with Gasteiger partial charge in [0, 0.05) is 67.8 Å². The average Bonchev–Trinajstić information content (AvgIpc) is 3.53. The molecule has 2 amide bonds. The third-order valence-corrected chi connectivity index (χ3v) is 14.5. The molecule has 4 heterocycles. The van der Waals surface area contributed by atoms with Gasteiger partial charge in [-0.05, 0) is 103 Å². The van der Waals surface area contributed by atoms with E-state index in [2.05, 4.69) is 42.3 Å². The second kappa shape index (κ2) is 17.1. The van der Waals surface area contributed by atoms with Crippen LogP contribution in [0.25, 0.3) is 0 Å². The number of carbonyl (C=O) groups excluding carboxylic acids is 2. The minimum atomic E-state index is -3.80. The van der Waals surface area contributed by atoms with Crippen LogP contribution in [-0.4, -0.2) is 82.7 Å². The number of halogens is 1. The normalized spacial score (nSPS) is 28.5. The number of anilines is 1. The molecule has 2 aromatic carbocycles. The molecule has 0 unspecified atom stereocenters. The van der Waals surface area contributed by atoms with Crippen LogP contribution in [0.15, 0.2) is 83.6 Å². The number of pyridine rings is 1. The van der Waals surface area contributed by atoms with E-state index < -0.39 is 33.8 Å². The summed E-state index contributed by atoms with van der Waals surface area (Å²) in [7, 11) is 0.978. The summed E-state index contributed by atoms with van der Waals surface area (Å²) < 4.78 is 48.3. The van der Waals surface area contributed by atoms with Gasteiger partial charge in [0.1, 0.15) is 21.2 Å². The van der Waals surface area contributed by atoms with Gasteiger partial charge in [0.2, 0.25) is 5.88 Å². The van der Waals surface area contributed by atoms with Crippen LogP contribution in [-0.2, 0) is 44.9 Å². The molecule has 2 aliphatic carbocycles. The van der Waals surface area contributed by atoms with E-state index in [1.807, 2.05) is 37.3 Å². The van der Waals surface area contributed by atoms with Gasteiger partial charge in [0.05, 0.1) is 44.0 Å². The summed E-state index contributed by atoms with van der Waals surface area (Å²) >= 11 is 6.50. The Kier molecular flexibility index (Phi) is 11.9. The zero-order valence-electron chi connectivity index (χ0n) is 33.8. The lowest BCUT2D eigenvalue weighted by molar-refractivity contribution is 0.0100. The van der Waals surface area contributed by atoms with Crippen LogP contribution in [0.4, 0.5) is 5.69 Å². The Morgan fingerprint density at radius 1 is 1.08 bits per heavy atom. The lowest BCUT2D eigenvalue weighted by Crippen LogP contribution is -2.49. The minimum Gasteiger partial charge on any atom is -0.490 e. The summed E-state index contributed by atoms with van der Waals surface area (Å²) in [6, 6.07) is 15.2. The minimum absolute atomic E-state index is 0.0503. The molecular formula is C44H51ClN6O7S. The molecule has 2 aromatic heterocycles. The smallest absolute Gasteiger partial charge is 0.286 e. The highest BCUT2D eigenvalue weighted by Crippen LogP contribution is 2.47. The summed E-state index contributed by atoms with van der Waals surface area (Å²) in [6.45, 7) is 3.98. The van der Waals surface area contributed by atoms with E-state index in [1.165, 1.54) is 29.1 Å². The predicted molar refractivity (Wildman–Crippen MR) is 225 cm³/mol. The summed E-state index contributed by atoms with van der Waals surface area (Å²) in [5.41, 5.74) is 4.15. The Morgan fingerprint density at radius 2 is 1.90 bits per heavy atom. The van der Waals surface area contributed by atoms with Crippen LogP contribution in [0, 0.1) is 17.8 Å². The van der Waals surface area contributed by atoms with Crippen molar-refractivity contribution in [2.24, 2.45) is 29.2 Å². The van der Waals surface area contributed by atoms with E-state index in [0.717, 1.165) is 48.4 Å². The van der Waals surface area contributed by atoms with E-state index in [4.69, 9.17) is 30.5 Å². The van der Waals surface area contributed by atoms with Gasteiger partial charge >= 0.3 is 0 Å². The third-order valence-electron chi connectivity index (χ3n) is 12.4. The molecule has 8 rings (SSSR count). The molecular weight excluding hydrogens is 792 g/mol. The zero-order valence-corrected chi connectivity index (χ0v) is 35.4. The number of rotatable bonds is 7. The van der Waals surface area contributed by atoms with E-state index in [9.17, 15) is 9.59 Å². The van der Waals surface area contributed by atoms with Crippen molar-refractivity contribution in [1.82, 2.24) is 19.5 Å². The number of ether oxygens (including phenoxy) is 4. The molecule has 1 fully saturated rings. The predicted octanol–water partition coefficient (Wildman–Crippen LogP) is 6.74. The van der Waals surface area contributed by atoms with Crippen LogP contribution in [0.5, 0.6) is 11.6 Å². The first-order valence-electron chi connectivity index (χ1n) is 20.2. The fourth-order valence-electron chi connectivity index (χ4n) is 9.19. The molecule has 4 aromatic rings. The average molecular weight is 843 g/mol. The van der Waals surface area contributed by atoms with E-state index in [1.54, 1.807) is 38.7 Å². The fraction of sp³-hybridized carbons (Fsp3) is 0.455. The van der Waals surface area contributed by atoms with Crippen molar-refractivity contribution in [3.05, 3.63) is 112 Å². The first-order chi connectivity index (χ1) is 28.5. The number of aromatic nitrogens is 3. The number of hydrogen-bond acceptors (Lipinski definition) is 10. The van der Waals surface area contributed by atoms with Crippen LogP contribution in [0.1, 0.15) is 70.0 Å². The molecule has 2 bridgehead atoms. The van der Waals surface area contributed by atoms with E-state index in [-0.39, 0.29) is 46.8 Å². The van der Waals surface area contributed by atoms with Crippen molar-refractivity contribution in [1.29, 1.82) is 0 Å². The maximum Gasteiger partial charge on any atom is 0.286 e. The van der Waals surface area contributed by atoms with Gasteiger partial charge in [0.15, 0.2) is 0 Å². The number of methoxy groups -OCH3 is 2. The molecule has 1 saturated carbocycles. The van der Waals surface area contributed by atoms with Gasteiger partial charge in [0.25, 0.3) is 11.8 Å². The van der Waals surface area contributed by atoms with Crippen LogP contribution >= 0.6 is 11.6 Å². The first kappa shape index (κ1) is 41.0. The summed E-state index contributed by atoms with van der Waals surface area (Å²) in [6.07, 6.45) is 13.0. The number of hydrogen-bond donors (Lipinski definition) is 1. The topological polar surface area (TPSA) is 146 Å². The Balaban J connectivity index is 1.22. The van der Waals surface area contributed by atoms with Crippen molar-refractivity contribution in [2.45, 2.75) is 63.3 Å². The van der Waals surface area contributed by atoms with Gasteiger partial charge in [-0.15, -0.1) is 9.46 Å². The quantitative estimate of drug-likeness (QED) is 0.199. The summed E-state index contributed by atoms with van der Waals surface area (Å²) in [5.74, 6) is -0.916. The number of nitrogens with zero attached hydrogens (tertiary/aromatic N) is 5. The fourth-order valence-corrected chi connectivity index (χ4v) is 11.3. The van der Waals surface area contributed by atoms with Crippen LogP contribution < -0.4 is 19.1 Å². The molecule has 4 aliphatic rings. The molecule has 312 valence electrons. The summed E-state index contributed by atoms with van der Waals surface area (Å²) in [4.78, 5) is 34.7. The molecule has 15 heteroatoms. The second-order valence-electron chi connectivity index (χ2n) is 16.3. The second-order valence-corrected chi connectivity index (χ2v) is 18.8. The lowest BCUT2D eigenvalue weighted by Gasteiger charge is -2.46. The number of fused-ring (bicyclic) bond motifs is 4. The molecule has 1 N–H and O–H groups in total. The highest BCUT2D eigenvalue weighted by Gasteiger charge is 2.44. The third kappa shape index (κ3) is 8.63. The van der Waals surface area contributed by atoms with Crippen LogP contribution in [0.2, 0.25) is 5.02 Å². The highest BCUT2D eigenvalue weighted by molar-refractivity contribution is 7.92. The zero-order chi connectivity index (χ0) is 41.3. The standard InChI is InChI=1S/C44H51ClN6O7S/c1-28-25-59(54,49-42(53)35-23-50(2)47-43(35)56-4)48-41(52)31-8-12-40-37(21-31)51(26-44(27-58-40)17-5-6-30-20-33(45)9-11-36(30)44)22-32-7-10-34(32)39(55-3)14-13-38(28)57-24-29-15-18-46-19-16-29/h8-9,11-16,18-21,23,28,32,34,38-39H,5-7,10,17,22,24-27H2,1-4H3,(H,48,49,52,53,54)/b14-13+/t28-,32+,34-,38+,39+,44+,59+/m1/s1. The monoisotopic (exact) mass is 842 g/mol. The summed E-state index contributed by atoms with van der Waals surface area (Å²) in [5, 5.41) is 4.91. The molecule has 0 radical (unpaired) electrons. The largest absolute Gasteiger partial charge is 0.490 e. The Morgan fingerprint density at radius 3 is 2.66 bits per heavy atom. The van der Waals surface area contributed by atoms with Gasteiger partial charge in [-0.3, -0.25) is 24.0 Å². The highest BCUT2D eigenvalue weighted by atomic mass is 35.5. The molecule has 1 spiro atoms. The first-order valence-corrected chi connectivity index (χ1v) is 22.2. The van der Waals surface area contributed by atoms with Gasteiger partial charge in [-0.2, -0.15) is 0 Å². The van der Waals surface area contributed by atoms with Gasteiger partial charge < -0.3 is 23.8 Å². The molecule has 7 atom stereocenters. The van der Waals surface area contributed by atoms with Crippen molar-refractivity contribution in [3.8, 4) is 11.6 Å². The molecule has 59 heavy (non-hydrogen) atoms. The number of amides is 2. The van der Waals surface area contributed by atoms with Crippen molar-refractivity contribution in [3.63, 3.8) is 0 Å². The Bertz CT molecular complexity index is 2360. The SMILES string of the molecule is COc1nn(C)cc1C(=O)N[S@@]1(=O)=NC(=O)c2ccc3c(c2)N(C[C@@H]2CC[C@H]2[C@@H](OC)/C=C/[C@H](OCc2ccncc2)[C@H](C)C1)C[C@@]1(CCCc2cc(Cl)ccc21)CO3. The van der Waals surface area contributed by atoms with Gasteiger partial charge in [-0.1, -0.05) is 36.7 Å². The number of nitrogens with one attached hydrogen (secondary N) is 1. The maximum atomic E-state index is 15.1. The van der Waals surface area contributed by atoms with E-state index in [0.29, 0.717) is 31.4 Å². The van der Waals surface area contributed by atoms with Crippen LogP contribution in [0.3, 0.4) is 0 Å². The maximum absolute atomic E-state index is 15.1. The lowest BCUT2D eigenvalue weighted by atomic mass is 9.68. The molecule has 0 saturated heterocycles. The molecule has 13 nitrogen and oxygen atoms in total. The number of benzene rings is 2. The number of aryl methyl sites for hydroxylation is 2. The Labute approximate surface area is 350 Å². The van der Waals surface area contributed by atoms with Crippen molar-refractivity contribution in [2.75, 3.05) is 44.6 Å². The number of carbonyl (C=O) groups is 2. The van der Waals surface area contributed by atoms with Crippen molar-refractivity contribution >= 4 is 39.0 Å².